The molecule has 192 valence electrons. The topological polar surface area (TPSA) is 125 Å². The van der Waals surface area contributed by atoms with Crippen LogP contribution in [0.5, 0.6) is 11.5 Å². The lowest BCUT2D eigenvalue weighted by molar-refractivity contribution is -0.199. The summed E-state index contributed by atoms with van der Waals surface area (Å²) in [5.74, 6) is 0.767. The van der Waals surface area contributed by atoms with E-state index in [0.29, 0.717) is 28.5 Å². The van der Waals surface area contributed by atoms with Gasteiger partial charge in [0.2, 0.25) is 0 Å². The van der Waals surface area contributed by atoms with Gasteiger partial charge in [-0.15, -0.1) is 0 Å². The molecule has 0 aliphatic carbocycles. The van der Waals surface area contributed by atoms with Crippen molar-refractivity contribution in [3.8, 4) is 11.5 Å². The normalized spacial score (nSPS) is 24.4. The minimum absolute atomic E-state index is 0.145. The highest BCUT2D eigenvalue weighted by molar-refractivity contribution is 7.42. The van der Waals surface area contributed by atoms with E-state index in [1.54, 1.807) is 10.9 Å². The van der Waals surface area contributed by atoms with Gasteiger partial charge < -0.3 is 29.0 Å². The highest BCUT2D eigenvalue weighted by Crippen LogP contribution is 2.46. The molecule has 2 aliphatic heterocycles. The molecule has 2 fully saturated rings. The lowest BCUT2D eigenvalue weighted by Gasteiger charge is -2.25. The summed E-state index contributed by atoms with van der Waals surface area (Å²) in [6.45, 7) is 3.89. The number of benzene rings is 2. The molecule has 0 amide bonds. The van der Waals surface area contributed by atoms with Crippen molar-refractivity contribution in [1.82, 2.24) is 19.5 Å². The zero-order chi connectivity index (χ0) is 25.4. The van der Waals surface area contributed by atoms with Gasteiger partial charge in [0.1, 0.15) is 41.7 Å². The molecule has 0 saturated carbocycles. The molecule has 11 nitrogen and oxygen atoms in total. The second-order valence-corrected chi connectivity index (χ2v) is 10.1. The van der Waals surface area contributed by atoms with Crippen LogP contribution < -0.4 is 14.8 Å². The highest BCUT2D eigenvalue weighted by atomic mass is 31.2. The molecular weight excluding hydrogens is 497 g/mol. The van der Waals surface area contributed by atoms with Gasteiger partial charge >= 0.3 is 8.60 Å². The van der Waals surface area contributed by atoms with Gasteiger partial charge in [0.15, 0.2) is 23.5 Å². The Hall–Kier alpha value is -3.34. The van der Waals surface area contributed by atoms with E-state index in [1.165, 1.54) is 6.33 Å². The van der Waals surface area contributed by atoms with Crippen LogP contribution in [-0.4, -0.2) is 50.2 Å². The Labute approximate surface area is 214 Å². The Morgan fingerprint density at radius 1 is 0.919 bits per heavy atom. The number of rotatable bonds is 8. The van der Waals surface area contributed by atoms with Crippen LogP contribution in [0.15, 0.2) is 73.3 Å². The summed E-state index contributed by atoms with van der Waals surface area (Å²) in [6, 6.07) is 18.8. The number of nitrogens with zero attached hydrogens (tertiary/aromatic N) is 4. The summed E-state index contributed by atoms with van der Waals surface area (Å²) in [5.41, 5.74) is 7.03. The third kappa shape index (κ3) is 4.96. The van der Waals surface area contributed by atoms with E-state index in [0.717, 1.165) is 0 Å². The number of fused-ring (bicyclic) bond motifs is 2. The van der Waals surface area contributed by atoms with E-state index in [1.807, 2.05) is 74.5 Å². The summed E-state index contributed by atoms with van der Waals surface area (Å²) in [6.07, 6.45) is 1.16. The van der Waals surface area contributed by atoms with Crippen LogP contribution in [0.3, 0.4) is 0 Å². The maximum absolute atomic E-state index is 6.41. The van der Waals surface area contributed by atoms with Gasteiger partial charge in [-0.3, -0.25) is 9.09 Å². The fraction of sp³-hybridized carbons (Fsp3) is 0.320. The number of para-hydroxylation sites is 2. The van der Waals surface area contributed by atoms with E-state index in [4.69, 9.17) is 33.5 Å². The smallest absolute Gasteiger partial charge is 0.418 e. The lowest BCUT2D eigenvalue weighted by atomic mass is 10.1. The highest BCUT2D eigenvalue weighted by Gasteiger charge is 2.56. The summed E-state index contributed by atoms with van der Waals surface area (Å²) in [4.78, 5) is 12.7. The van der Waals surface area contributed by atoms with Crippen molar-refractivity contribution in [2.45, 2.75) is 44.2 Å². The fourth-order valence-electron chi connectivity index (χ4n) is 4.41. The van der Waals surface area contributed by atoms with E-state index >= 15 is 0 Å². The number of hydrogen-bond acceptors (Lipinski definition) is 10. The minimum Gasteiger partial charge on any atom is -0.418 e. The first kappa shape index (κ1) is 24.0. The Morgan fingerprint density at radius 3 is 2.24 bits per heavy atom. The molecule has 2 N–H and O–H groups in total. The van der Waals surface area contributed by atoms with Crippen molar-refractivity contribution in [1.29, 1.82) is 0 Å². The first-order valence-electron chi connectivity index (χ1n) is 11.8. The second kappa shape index (κ2) is 9.85. The van der Waals surface area contributed by atoms with E-state index < -0.39 is 38.9 Å². The second-order valence-electron chi connectivity index (χ2n) is 9.04. The van der Waals surface area contributed by atoms with Crippen molar-refractivity contribution in [3.63, 3.8) is 0 Å². The number of imidazole rings is 1. The van der Waals surface area contributed by atoms with E-state index in [9.17, 15) is 0 Å². The van der Waals surface area contributed by atoms with Gasteiger partial charge in [0.05, 0.1) is 12.9 Å². The Morgan fingerprint density at radius 2 is 1.57 bits per heavy atom. The van der Waals surface area contributed by atoms with Crippen molar-refractivity contribution >= 4 is 25.6 Å². The molecule has 2 saturated heterocycles. The molecule has 0 unspecified atom stereocenters. The van der Waals surface area contributed by atoms with Gasteiger partial charge in [-0.1, -0.05) is 36.4 Å². The summed E-state index contributed by atoms with van der Waals surface area (Å²) in [5, 5.41) is 0. The van der Waals surface area contributed by atoms with Gasteiger partial charge in [-0.05, 0) is 38.1 Å². The first-order chi connectivity index (χ1) is 18.0. The van der Waals surface area contributed by atoms with E-state index in [2.05, 4.69) is 15.0 Å². The van der Waals surface area contributed by atoms with Gasteiger partial charge in [0, 0.05) is 0 Å². The number of aromatic nitrogens is 4. The Bertz CT molecular complexity index is 1320. The largest absolute Gasteiger partial charge is 0.463 e. The van der Waals surface area contributed by atoms with Crippen LogP contribution in [-0.2, 0) is 18.7 Å². The van der Waals surface area contributed by atoms with Crippen LogP contribution in [0.4, 0.5) is 5.82 Å². The van der Waals surface area contributed by atoms with Crippen LogP contribution in [0, 0.1) is 0 Å². The number of anilines is 1. The van der Waals surface area contributed by atoms with Crippen molar-refractivity contribution in [2.24, 2.45) is 0 Å². The summed E-state index contributed by atoms with van der Waals surface area (Å²) < 4.78 is 38.9. The fourth-order valence-corrected chi connectivity index (χ4v) is 5.41. The molecule has 4 heterocycles. The maximum Gasteiger partial charge on any atom is 0.463 e. The number of hydrogen-bond donors (Lipinski definition) is 1. The Balaban J connectivity index is 1.23. The minimum atomic E-state index is -1.80. The zero-order valence-electron chi connectivity index (χ0n) is 20.2. The quantitative estimate of drug-likeness (QED) is 0.336. The number of ether oxygens (including phenoxy) is 3. The monoisotopic (exact) mass is 523 g/mol. The van der Waals surface area contributed by atoms with Crippen LogP contribution in [0.2, 0.25) is 0 Å². The van der Waals surface area contributed by atoms with Crippen LogP contribution in [0.25, 0.3) is 11.2 Å². The average Bonchev–Trinajstić information content (AvgIpc) is 3.55. The van der Waals surface area contributed by atoms with Gasteiger partial charge in [-0.25, -0.2) is 15.0 Å². The van der Waals surface area contributed by atoms with Crippen molar-refractivity contribution in [3.05, 3.63) is 73.3 Å². The molecule has 4 aromatic rings. The molecule has 2 aromatic heterocycles. The third-order valence-corrected chi connectivity index (χ3v) is 7.06. The molecule has 0 bridgehead atoms. The summed E-state index contributed by atoms with van der Waals surface area (Å²) >= 11 is 0. The van der Waals surface area contributed by atoms with Crippen LogP contribution in [0.1, 0.15) is 20.1 Å². The zero-order valence-corrected chi connectivity index (χ0v) is 21.1. The van der Waals surface area contributed by atoms with Crippen LogP contribution >= 0.6 is 8.60 Å². The third-order valence-electron chi connectivity index (χ3n) is 5.98. The van der Waals surface area contributed by atoms with Gasteiger partial charge in [0.25, 0.3) is 0 Å². The molecule has 37 heavy (non-hydrogen) atoms. The van der Waals surface area contributed by atoms with E-state index in [-0.39, 0.29) is 6.61 Å². The molecule has 12 heteroatoms. The number of nitrogens with two attached hydrogens (primary N) is 1. The molecule has 2 aliphatic rings. The molecule has 0 radical (unpaired) electrons. The molecule has 0 spiro atoms. The predicted molar refractivity (Wildman–Crippen MR) is 134 cm³/mol. The standard InChI is InChI=1S/C25H26N5O6P/c1-25(2)33-20-18(32-24(21(20)34-25)30-15-29-19-22(26)27-14-28-23(19)30)13-31-37(35-16-9-5-3-6-10-16)36-17-11-7-4-8-12-17/h3-12,14-15,18,20-21,24H,13H2,1-2H3,(H2,26,27,28)/t18-,20-,21-,24-/m1/s1. The Kier molecular flexibility index (Phi) is 6.39. The van der Waals surface area contributed by atoms with Crippen molar-refractivity contribution < 1.29 is 27.8 Å². The average molecular weight is 523 g/mol. The SMILES string of the molecule is CC1(C)O[C@@H]2[C@H](O1)[C@@H](COP(Oc1ccccc1)Oc1ccccc1)O[C@H]2n1cnc2c(N)ncnc21. The van der Waals surface area contributed by atoms with Crippen molar-refractivity contribution in [2.75, 3.05) is 12.3 Å². The summed E-state index contributed by atoms with van der Waals surface area (Å²) in [7, 11) is -1.80. The number of nitrogen functional groups attached to an aromatic ring is 1. The van der Waals surface area contributed by atoms with Gasteiger partial charge in [-0.2, -0.15) is 0 Å². The molecule has 6 rings (SSSR count). The lowest BCUT2D eigenvalue weighted by Crippen LogP contribution is -2.32. The maximum atomic E-state index is 6.41. The molecule has 2 aromatic carbocycles. The molecular formula is C25H26N5O6P. The molecule has 4 atom stereocenters. The predicted octanol–water partition coefficient (Wildman–Crippen LogP) is 4.23. The first-order valence-corrected chi connectivity index (χ1v) is 12.9.